The Hall–Kier alpha value is -1.81. The average molecular weight is 296 g/mol. The van der Waals surface area contributed by atoms with Gasteiger partial charge in [0.1, 0.15) is 12.4 Å². The molecule has 1 rings (SSSR count). The molecule has 0 N–H and O–H groups in total. The minimum Gasteiger partial charge on any atom is -0.496 e. The maximum Gasteiger partial charge on any atom is 0.252 e. The molecule has 5 heteroatoms. The van der Waals surface area contributed by atoms with Gasteiger partial charge in [-0.15, -0.1) is 0 Å². The van der Waals surface area contributed by atoms with Crippen molar-refractivity contribution in [3.63, 3.8) is 0 Å². The Balaban J connectivity index is 3.05. The van der Waals surface area contributed by atoms with Crippen LogP contribution in [0.2, 0.25) is 0 Å². The van der Waals surface area contributed by atoms with E-state index in [1.54, 1.807) is 25.2 Å². The smallest absolute Gasteiger partial charge is 0.252 e. The number of hydrogen-bond donors (Lipinski definition) is 0. The van der Waals surface area contributed by atoms with Gasteiger partial charge >= 0.3 is 0 Å². The van der Waals surface area contributed by atoms with Crippen molar-refractivity contribution in [2.24, 2.45) is 4.99 Å². The monoisotopic (exact) mass is 295 g/mol. The van der Waals surface area contributed by atoms with Gasteiger partial charge < -0.3 is 9.47 Å². The number of benzene rings is 1. The highest BCUT2D eigenvalue weighted by Crippen LogP contribution is 2.25. The number of allylic oxidation sites excluding steroid dienone is 1. The average Bonchev–Trinajstić information content (AvgIpc) is 2.46. The first-order valence-electron chi connectivity index (χ1n) is 6.13. The molecule has 0 radical (unpaired) electrons. The zero-order chi connectivity index (χ0) is 15.1. The van der Waals surface area contributed by atoms with Gasteiger partial charge in [-0.05, 0) is 37.6 Å². The lowest BCUT2D eigenvalue weighted by Crippen LogP contribution is -2.09. The number of rotatable bonds is 5. The zero-order valence-electron chi connectivity index (χ0n) is 12.1. The van der Waals surface area contributed by atoms with Crippen molar-refractivity contribution >= 4 is 22.7 Å². The molecule has 0 bridgehead atoms. The summed E-state index contributed by atoms with van der Waals surface area (Å²) in [5, 5.41) is -0.541. The number of carbonyl (C=O) groups excluding carboxylic acids is 1. The normalized spacial score (nSPS) is 12.2. The van der Waals surface area contributed by atoms with Crippen LogP contribution in [0.15, 0.2) is 34.8 Å². The van der Waals surface area contributed by atoms with Crippen LogP contribution in [0.25, 0.3) is 0 Å². The summed E-state index contributed by atoms with van der Waals surface area (Å²) < 4.78 is 10.9. The van der Waals surface area contributed by atoms with Crippen molar-refractivity contribution in [2.75, 3.05) is 14.2 Å². The maximum absolute atomic E-state index is 11.5. The summed E-state index contributed by atoms with van der Waals surface area (Å²) >= 11 is 5.58. The summed E-state index contributed by atoms with van der Waals surface area (Å²) in [7, 11) is 3.19. The SMILES string of the molecule is C/C=C(C)\C(=N/C)OCc1c(OC)cccc1C(=O)Cl. The molecule has 0 aliphatic carbocycles. The molecule has 0 spiro atoms. The fraction of sp³-hybridized carbons (Fsp3) is 0.333. The van der Waals surface area contributed by atoms with Crippen LogP contribution in [0.5, 0.6) is 5.75 Å². The molecule has 20 heavy (non-hydrogen) atoms. The van der Waals surface area contributed by atoms with Crippen LogP contribution in [-0.4, -0.2) is 25.3 Å². The minimum absolute atomic E-state index is 0.162. The lowest BCUT2D eigenvalue weighted by molar-refractivity contribution is 0.107. The lowest BCUT2D eigenvalue weighted by atomic mass is 10.1. The molecule has 0 aliphatic heterocycles. The van der Waals surface area contributed by atoms with Crippen LogP contribution in [0.1, 0.15) is 29.8 Å². The fourth-order valence-electron chi connectivity index (χ4n) is 1.71. The highest BCUT2D eigenvalue weighted by Gasteiger charge is 2.15. The van der Waals surface area contributed by atoms with Gasteiger partial charge in [0.2, 0.25) is 5.90 Å². The quantitative estimate of drug-likeness (QED) is 0.474. The molecule has 1 aromatic rings. The summed E-state index contributed by atoms with van der Waals surface area (Å²) in [6.45, 7) is 3.97. The molecule has 0 fully saturated rings. The number of ether oxygens (including phenoxy) is 2. The summed E-state index contributed by atoms with van der Waals surface area (Å²) in [5.41, 5.74) is 1.90. The summed E-state index contributed by atoms with van der Waals surface area (Å²) in [4.78, 5) is 15.5. The van der Waals surface area contributed by atoms with Crippen molar-refractivity contribution < 1.29 is 14.3 Å². The molecule has 4 nitrogen and oxygen atoms in total. The van der Waals surface area contributed by atoms with Crippen LogP contribution in [0, 0.1) is 0 Å². The molecule has 0 unspecified atom stereocenters. The third kappa shape index (κ3) is 3.84. The number of halogens is 1. The van der Waals surface area contributed by atoms with Crippen LogP contribution in [-0.2, 0) is 11.3 Å². The summed E-state index contributed by atoms with van der Waals surface area (Å²) in [5.74, 6) is 1.08. The van der Waals surface area contributed by atoms with Gasteiger partial charge in [0, 0.05) is 23.7 Å². The fourth-order valence-corrected chi connectivity index (χ4v) is 1.89. The third-order valence-corrected chi connectivity index (χ3v) is 3.09. The molecule has 0 heterocycles. The molecule has 108 valence electrons. The predicted molar refractivity (Wildman–Crippen MR) is 80.8 cm³/mol. The Morgan fingerprint density at radius 1 is 1.45 bits per heavy atom. The zero-order valence-corrected chi connectivity index (χ0v) is 12.8. The van der Waals surface area contributed by atoms with Gasteiger partial charge in [0.05, 0.1) is 7.11 Å². The predicted octanol–water partition coefficient (Wildman–Crippen LogP) is 3.59. The van der Waals surface area contributed by atoms with E-state index in [1.807, 2.05) is 19.9 Å². The van der Waals surface area contributed by atoms with Gasteiger partial charge in [0.15, 0.2) is 0 Å². The minimum atomic E-state index is -0.541. The molecule has 0 atom stereocenters. The van der Waals surface area contributed by atoms with Crippen molar-refractivity contribution in [3.05, 3.63) is 41.0 Å². The van der Waals surface area contributed by atoms with Crippen molar-refractivity contribution in [1.29, 1.82) is 0 Å². The number of hydrogen-bond acceptors (Lipinski definition) is 4. The summed E-state index contributed by atoms with van der Waals surface area (Å²) in [6.07, 6.45) is 1.90. The molecule has 0 aromatic heterocycles. The molecule has 0 amide bonds. The van der Waals surface area contributed by atoms with Gasteiger partial charge in [-0.2, -0.15) is 0 Å². The van der Waals surface area contributed by atoms with E-state index in [1.165, 1.54) is 7.11 Å². The maximum atomic E-state index is 11.5. The van der Waals surface area contributed by atoms with Crippen molar-refractivity contribution in [2.45, 2.75) is 20.5 Å². The highest BCUT2D eigenvalue weighted by atomic mass is 35.5. The number of carbonyl (C=O) groups is 1. The van der Waals surface area contributed by atoms with E-state index < -0.39 is 5.24 Å². The van der Waals surface area contributed by atoms with E-state index in [0.29, 0.717) is 22.8 Å². The second kappa shape index (κ2) is 7.70. The largest absolute Gasteiger partial charge is 0.496 e. The molecule has 0 aliphatic rings. The van der Waals surface area contributed by atoms with E-state index in [0.717, 1.165) is 5.57 Å². The number of methoxy groups -OCH3 is 1. The van der Waals surface area contributed by atoms with E-state index in [-0.39, 0.29) is 6.61 Å². The molecule has 0 saturated heterocycles. The van der Waals surface area contributed by atoms with Crippen LogP contribution < -0.4 is 4.74 Å². The van der Waals surface area contributed by atoms with E-state index in [2.05, 4.69) is 4.99 Å². The molecule has 0 saturated carbocycles. The number of nitrogens with zero attached hydrogens (tertiary/aromatic N) is 1. The number of aliphatic imine (C=N–C) groups is 1. The standard InChI is InChI=1S/C15H18ClNO3/c1-5-10(2)15(17-3)20-9-12-11(14(16)18)7-6-8-13(12)19-4/h5-8H,9H2,1-4H3/b10-5-,17-15+. The van der Waals surface area contributed by atoms with Crippen LogP contribution in [0.4, 0.5) is 0 Å². The Morgan fingerprint density at radius 2 is 2.15 bits per heavy atom. The first kappa shape index (κ1) is 16.2. The first-order valence-corrected chi connectivity index (χ1v) is 6.51. The lowest BCUT2D eigenvalue weighted by Gasteiger charge is -2.14. The second-order valence-corrected chi connectivity index (χ2v) is 4.39. The van der Waals surface area contributed by atoms with Crippen LogP contribution >= 0.6 is 11.6 Å². The highest BCUT2D eigenvalue weighted by molar-refractivity contribution is 6.68. The molecular weight excluding hydrogens is 278 g/mol. The molecular formula is C15H18ClNO3. The third-order valence-electron chi connectivity index (χ3n) is 2.89. The second-order valence-electron chi connectivity index (χ2n) is 4.05. The van der Waals surface area contributed by atoms with Gasteiger partial charge in [0.25, 0.3) is 5.24 Å². The Kier molecular flexibility index (Phi) is 6.25. The Bertz CT molecular complexity index is 550. The van der Waals surface area contributed by atoms with Gasteiger partial charge in [-0.3, -0.25) is 9.79 Å². The summed E-state index contributed by atoms with van der Waals surface area (Å²) in [6, 6.07) is 5.11. The van der Waals surface area contributed by atoms with Crippen molar-refractivity contribution in [3.8, 4) is 5.75 Å². The Morgan fingerprint density at radius 3 is 2.65 bits per heavy atom. The Labute approximate surface area is 124 Å². The van der Waals surface area contributed by atoms with Gasteiger partial charge in [-0.1, -0.05) is 12.1 Å². The van der Waals surface area contributed by atoms with Crippen LogP contribution in [0.3, 0.4) is 0 Å². The van der Waals surface area contributed by atoms with E-state index in [4.69, 9.17) is 21.1 Å². The van der Waals surface area contributed by atoms with E-state index >= 15 is 0 Å². The van der Waals surface area contributed by atoms with Crippen molar-refractivity contribution in [1.82, 2.24) is 0 Å². The first-order chi connectivity index (χ1) is 9.54. The topological polar surface area (TPSA) is 47.9 Å². The van der Waals surface area contributed by atoms with Gasteiger partial charge in [-0.25, -0.2) is 0 Å². The molecule has 1 aromatic carbocycles. The van der Waals surface area contributed by atoms with E-state index in [9.17, 15) is 4.79 Å².